The maximum atomic E-state index is 13.7. The van der Waals surface area contributed by atoms with Gasteiger partial charge in [-0.15, -0.1) is 17.9 Å². The second-order valence-corrected chi connectivity index (χ2v) is 14.0. The van der Waals surface area contributed by atoms with E-state index < -0.39 is 34.0 Å². The molecule has 3 aromatic rings. The summed E-state index contributed by atoms with van der Waals surface area (Å²) in [6.45, 7) is 8.97. The number of anilines is 2. The van der Waals surface area contributed by atoms with Gasteiger partial charge in [-0.25, -0.2) is 18.0 Å². The highest BCUT2D eigenvalue weighted by Crippen LogP contribution is 2.40. The molecule has 2 atom stereocenters. The normalized spacial score (nSPS) is 15.1. The number of hydrogen-bond acceptors (Lipinski definition) is 8. The van der Waals surface area contributed by atoms with Gasteiger partial charge in [0, 0.05) is 9.90 Å². The smallest absolute Gasteiger partial charge is 0.341 e. The fourth-order valence-corrected chi connectivity index (χ4v) is 8.23. The molecular weight excluding hydrogens is 647 g/mol. The molecule has 0 unspecified atom stereocenters. The van der Waals surface area contributed by atoms with Crippen molar-refractivity contribution in [2.75, 3.05) is 22.8 Å². The molecule has 1 amide bonds. The molecule has 2 aromatic carbocycles. The first kappa shape index (κ1) is 33.5. The van der Waals surface area contributed by atoms with Gasteiger partial charge in [-0.05, 0) is 87.1 Å². The maximum absolute atomic E-state index is 13.7. The Hall–Kier alpha value is -3.38. The number of rotatable bonds is 11. The van der Waals surface area contributed by atoms with Gasteiger partial charge in [0.1, 0.15) is 9.90 Å². The van der Waals surface area contributed by atoms with Gasteiger partial charge in [0.15, 0.2) is 6.10 Å². The molecule has 0 aliphatic heterocycles. The molecule has 1 N–H and O–H groups in total. The van der Waals surface area contributed by atoms with Crippen molar-refractivity contribution in [2.45, 2.75) is 51.0 Å². The van der Waals surface area contributed by atoms with E-state index in [2.05, 4.69) is 18.8 Å². The third kappa shape index (κ3) is 7.28. The summed E-state index contributed by atoms with van der Waals surface area (Å²) >= 11 is 13.6. The maximum Gasteiger partial charge on any atom is 0.341 e. The van der Waals surface area contributed by atoms with E-state index in [0.717, 1.165) is 33.7 Å². The van der Waals surface area contributed by atoms with Crippen LogP contribution in [0.5, 0.6) is 0 Å². The number of thiophene rings is 1. The second-order valence-electron chi connectivity index (χ2n) is 10.3. The van der Waals surface area contributed by atoms with Crippen LogP contribution in [0.4, 0.5) is 10.7 Å². The van der Waals surface area contributed by atoms with Gasteiger partial charge in [0.05, 0.1) is 35.0 Å². The van der Waals surface area contributed by atoms with Crippen molar-refractivity contribution in [2.24, 2.45) is 5.92 Å². The average Bonchev–Trinajstić information content (AvgIpc) is 3.33. The number of carbonyl (C=O) groups is 3. The van der Waals surface area contributed by atoms with Crippen molar-refractivity contribution in [1.29, 1.82) is 0 Å². The number of fused-ring (bicyclic) bond motifs is 1. The van der Waals surface area contributed by atoms with Crippen molar-refractivity contribution in [1.82, 2.24) is 0 Å². The van der Waals surface area contributed by atoms with Gasteiger partial charge in [-0.2, -0.15) is 0 Å². The molecule has 13 heteroatoms. The number of sulfonamides is 1. The summed E-state index contributed by atoms with van der Waals surface area (Å²) in [4.78, 5) is 39.7. The Morgan fingerprint density at radius 3 is 2.52 bits per heavy atom. The number of benzene rings is 2. The zero-order valence-corrected chi connectivity index (χ0v) is 27.5. The van der Waals surface area contributed by atoms with Crippen molar-refractivity contribution in [3.05, 3.63) is 86.7 Å². The number of nitrogens with zero attached hydrogens (tertiary/aromatic N) is 1. The molecule has 0 fully saturated rings. The highest BCUT2D eigenvalue weighted by molar-refractivity contribution is 7.93. The third-order valence-corrected chi connectivity index (χ3v) is 10.7. The molecule has 1 aromatic heterocycles. The first-order chi connectivity index (χ1) is 20.9. The van der Waals surface area contributed by atoms with Gasteiger partial charge in [0.25, 0.3) is 15.9 Å². The van der Waals surface area contributed by atoms with E-state index in [1.807, 2.05) is 0 Å². The van der Waals surface area contributed by atoms with E-state index in [-0.39, 0.29) is 28.6 Å². The van der Waals surface area contributed by atoms with Gasteiger partial charge in [-0.1, -0.05) is 36.2 Å². The fourth-order valence-electron chi connectivity index (χ4n) is 4.77. The van der Waals surface area contributed by atoms with Crippen LogP contribution in [0.15, 0.2) is 60.0 Å². The van der Waals surface area contributed by atoms with Crippen LogP contribution in [0.3, 0.4) is 0 Å². The zero-order valence-electron chi connectivity index (χ0n) is 24.4. The molecule has 9 nitrogen and oxygen atoms in total. The predicted octanol–water partition coefficient (Wildman–Crippen LogP) is 6.92. The third-order valence-electron chi connectivity index (χ3n) is 7.03. The summed E-state index contributed by atoms with van der Waals surface area (Å²) in [5, 5.41) is 3.39. The topological polar surface area (TPSA) is 119 Å². The Morgan fingerprint density at radius 1 is 1.16 bits per heavy atom. The summed E-state index contributed by atoms with van der Waals surface area (Å²) in [5.74, 6) is -1.66. The van der Waals surface area contributed by atoms with E-state index in [0.29, 0.717) is 33.6 Å². The first-order valence-corrected chi connectivity index (χ1v) is 16.9. The van der Waals surface area contributed by atoms with Crippen LogP contribution in [0, 0.1) is 5.92 Å². The van der Waals surface area contributed by atoms with E-state index in [1.54, 1.807) is 19.1 Å². The first-order valence-electron chi connectivity index (χ1n) is 13.9. The van der Waals surface area contributed by atoms with Crippen LogP contribution >= 0.6 is 34.5 Å². The van der Waals surface area contributed by atoms with Crippen molar-refractivity contribution >= 4 is 73.1 Å². The Kier molecular flexibility index (Phi) is 10.8. The van der Waals surface area contributed by atoms with Crippen LogP contribution in [0.25, 0.3) is 0 Å². The summed E-state index contributed by atoms with van der Waals surface area (Å²) in [6.07, 6.45) is 2.54. The van der Waals surface area contributed by atoms with Crippen LogP contribution in [-0.2, 0) is 37.1 Å². The lowest BCUT2D eigenvalue weighted by Gasteiger charge is -2.24. The monoisotopic (exact) mass is 678 g/mol. The molecule has 0 spiro atoms. The molecule has 1 heterocycles. The van der Waals surface area contributed by atoms with E-state index >= 15 is 0 Å². The van der Waals surface area contributed by atoms with Crippen LogP contribution in [0.2, 0.25) is 10.0 Å². The lowest BCUT2D eigenvalue weighted by Crippen LogP contribution is -2.32. The molecule has 4 rings (SSSR count). The summed E-state index contributed by atoms with van der Waals surface area (Å²) in [6, 6.07) is 9.84. The number of carbonyl (C=O) groups excluding carboxylic acids is 3. The average molecular weight is 680 g/mol. The van der Waals surface area contributed by atoms with Gasteiger partial charge >= 0.3 is 11.9 Å². The van der Waals surface area contributed by atoms with Gasteiger partial charge in [0.2, 0.25) is 0 Å². The van der Waals surface area contributed by atoms with Gasteiger partial charge < -0.3 is 14.8 Å². The molecule has 44 heavy (non-hydrogen) atoms. The second kappa shape index (κ2) is 14.2. The zero-order chi connectivity index (χ0) is 32.2. The molecular formula is C31H32Cl2N2O7S2. The van der Waals surface area contributed by atoms with Crippen molar-refractivity contribution < 1.29 is 32.3 Å². The standard InChI is InChI=1S/C31H32Cl2N2O7S2/c1-5-15-35(22-11-9-21(32)10-12-22)44(39,40)26-17-20(8-14-24(26)33)30(37)42-19(4)28(36)34-29-27(31(38)41-6-2)23-13-7-18(3)16-25(23)43-29/h5,8-12,14,17-19H,1,6-7,13,15-16H2,2-4H3,(H,34,36)/t18-,19-/m1/s1. The fraction of sp³-hybridized carbons (Fsp3) is 0.323. The number of esters is 2. The lowest BCUT2D eigenvalue weighted by atomic mass is 9.88. The minimum atomic E-state index is -4.27. The minimum absolute atomic E-state index is 0.0784. The molecule has 1 aliphatic carbocycles. The SMILES string of the molecule is C=CCN(c1ccc(Cl)cc1)S(=O)(=O)c1cc(C(=O)O[C@H](C)C(=O)Nc2sc3c(c2C(=O)OCC)CC[C@@H](C)C3)ccc1Cl. The summed E-state index contributed by atoms with van der Waals surface area (Å²) < 4.78 is 39.1. The van der Waals surface area contributed by atoms with Crippen molar-refractivity contribution in [3.63, 3.8) is 0 Å². The molecule has 1 aliphatic rings. The lowest BCUT2D eigenvalue weighted by molar-refractivity contribution is -0.123. The van der Waals surface area contributed by atoms with Crippen LogP contribution < -0.4 is 9.62 Å². The molecule has 0 saturated carbocycles. The number of halogens is 2. The number of hydrogen-bond donors (Lipinski definition) is 1. The van der Waals surface area contributed by atoms with Gasteiger partial charge in [-0.3, -0.25) is 9.10 Å². The Balaban J connectivity index is 1.55. The minimum Gasteiger partial charge on any atom is -0.462 e. The summed E-state index contributed by atoms with van der Waals surface area (Å²) in [5.41, 5.74) is 1.40. The molecule has 0 bridgehead atoms. The number of nitrogens with one attached hydrogen (secondary N) is 1. The largest absolute Gasteiger partial charge is 0.462 e. The highest BCUT2D eigenvalue weighted by atomic mass is 35.5. The molecule has 234 valence electrons. The van der Waals surface area contributed by atoms with Crippen LogP contribution in [-0.4, -0.2) is 45.5 Å². The van der Waals surface area contributed by atoms with Crippen molar-refractivity contribution in [3.8, 4) is 0 Å². The quantitative estimate of drug-likeness (QED) is 0.173. The Bertz CT molecular complexity index is 1690. The Labute approximate surface area is 270 Å². The summed E-state index contributed by atoms with van der Waals surface area (Å²) in [7, 11) is -4.27. The van der Waals surface area contributed by atoms with Crippen LogP contribution in [0.1, 0.15) is 58.3 Å². The van der Waals surface area contributed by atoms with E-state index in [1.165, 1.54) is 48.6 Å². The number of amides is 1. The molecule has 0 radical (unpaired) electrons. The number of ether oxygens (including phenoxy) is 2. The van der Waals surface area contributed by atoms with E-state index in [9.17, 15) is 22.8 Å². The molecule has 0 saturated heterocycles. The Morgan fingerprint density at radius 2 is 1.86 bits per heavy atom. The predicted molar refractivity (Wildman–Crippen MR) is 173 cm³/mol. The highest BCUT2D eigenvalue weighted by Gasteiger charge is 2.31. The van der Waals surface area contributed by atoms with E-state index in [4.69, 9.17) is 32.7 Å².